The van der Waals surface area contributed by atoms with Crippen LogP contribution in [0.25, 0.3) is 0 Å². The van der Waals surface area contributed by atoms with Gasteiger partial charge in [-0.05, 0) is 25.9 Å². The molecule has 17 heavy (non-hydrogen) atoms. The fourth-order valence-electron chi connectivity index (χ4n) is 1.94. The first-order valence-corrected chi connectivity index (χ1v) is 9.00. The Morgan fingerprint density at radius 1 is 1.24 bits per heavy atom. The molecule has 0 aliphatic rings. The van der Waals surface area contributed by atoms with Crippen LogP contribution in [-0.2, 0) is 14.0 Å². The predicted octanol–water partition coefficient (Wildman–Crippen LogP) is 3.52. The van der Waals surface area contributed by atoms with Gasteiger partial charge in [0.15, 0.2) is 8.32 Å². The van der Waals surface area contributed by atoms with E-state index in [1.807, 2.05) is 6.92 Å². The van der Waals surface area contributed by atoms with Crippen LogP contribution in [0.3, 0.4) is 0 Å². The topological polar surface area (TPSA) is 35.5 Å². The molecule has 0 radical (unpaired) electrons. The highest BCUT2D eigenvalue weighted by Crippen LogP contribution is 2.24. The van der Waals surface area contributed by atoms with Crippen LogP contribution >= 0.6 is 0 Å². The minimum atomic E-state index is -1.68. The summed E-state index contributed by atoms with van der Waals surface area (Å²) in [4.78, 5) is 11.3. The smallest absolute Gasteiger partial charge is 0.333 e. The van der Waals surface area contributed by atoms with E-state index in [2.05, 4.69) is 20.4 Å². The molecule has 1 unspecified atom stereocenters. The number of esters is 1. The molecule has 0 saturated carbocycles. The summed E-state index contributed by atoms with van der Waals surface area (Å²) in [6, 6.07) is 3.12. The summed E-state index contributed by atoms with van der Waals surface area (Å²) in [7, 11) is -1.68. The Kier molecular flexibility index (Phi) is 8.17. The molecule has 0 N–H and O–H groups in total. The molecule has 0 aromatic heterocycles. The van der Waals surface area contributed by atoms with Crippen LogP contribution < -0.4 is 0 Å². The molecule has 0 aliphatic heterocycles. The van der Waals surface area contributed by atoms with Crippen molar-refractivity contribution in [1.29, 1.82) is 0 Å². The zero-order valence-corrected chi connectivity index (χ0v) is 12.7. The molecule has 0 aliphatic carbocycles. The van der Waals surface area contributed by atoms with E-state index in [4.69, 9.17) is 9.16 Å². The lowest BCUT2D eigenvalue weighted by Crippen LogP contribution is -2.38. The first kappa shape index (κ1) is 16.4. The third-order valence-corrected chi connectivity index (χ3v) is 7.66. The van der Waals surface area contributed by atoms with E-state index >= 15 is 0 Å². The summed E-state index contributed by atoms with van der Waals surface area (Å²) in [6.45, 7) is 12.8. The molecular formula is C13H26O3Si. The van der Waals surface area contributed by atoms with Crippen molar-refractivity contribution in [3.05, 3.63) is 12.2 Å². The molecular weight excluding hydrogens is 232 g/mol. The van der Waals surface area contributed by atoms with Crippen LogP contribution in [0.5, 0.6) is 0 Å². The van der Waals surface area contributed by atoms with Crippen molar-refractivity contribution in [2.45, 2.75) is 52.2 Å². The Bertz CT molecular complexity index is 245. The molecule has 0 saturated heterocycles. The first-order valence-electron chi connectivity index (χ1n) is 6.48. The highest BCUT2D eigenvalue weighted by Gasteiger charge is 2.31. The van der Waals surface area contributed by atoms with Crippen LogP contribution in [0.1, 0.15) is 34.1 Å². The lowest BCUT2D eigenvalue weighted by molar-refractivity contribution is -0.138. The van der Waals surface area contributed by atoms with Gasteiger partial charge in [0.2, 0.25) is 0 Å². The summed E-state index contributed by atoms with van der Waals surface area (Å²) < 4.78 is 11.2. The van der Waals surface area contributed by atoms with Crippen LogP contribution in [0.15, 0.2) is 12.2 Å². The molecule has 0 aromatic carbocycles. The van der Waals surface area contributed by atoms with Gasteiger partial charge in [-0.2, -0.15) is 0 Å². The number of carbonyl (C=O) groups is 1. The second-order valence-corrected chi connectivity index (χ2v) is 8.75. The van der Waals surface area contributed by atoms with Crippen molar-refractivity contribution >= 4 is 14.3 Å². The number of rotatable bonds is 9. The third-order valence-electron chi connectivity index (χ3n) is 2.94. The fourth-order valence-corrected chi connectivity index (χ4v) is 5.39. The Balaban J connectivity index is 4.24. The zero-order chi connectivity index (χ0) is 13.3. The monoisotopic (exact) mass is 258 g/mol. The molecule has 0 heterocycles. The normalized spacial score (nSPS) is 14.1. The van der Waals surface area contributed by atoms with Gasteiger partial charge < -0.3 is 9.16 Å². The van der Waals surface area contributed by atoms with Crippen molar-refractivity contribution in [2.24, 2.45) is 0 Å². The van der Waals surface area contributed by atoms with Crippen molar-refractivity contribution in [3.63, 3.8) is 0 Å². The highest BCUT2D eigenvalue weighted by atomic mass is 28.4. The first-order chi connectivity index (χ1) is 8.01. The van der Waals surface area contributed by atoms with E-state index < -0.39 is 8.32 Å². The van der Waals surface area contributed by atoms with Crippen LogP contribution in [0, 0.1) is 0 Å². The molecule has 1 atom stereocenters. The SMILES string of the molecule is C=C(C)C(=O)OCC[Si](CC)(CCC)OCC. The molecule has 4 heteroatoms. The average molecular weight is 258 g/mol. The van der Waals surface area contributed by atoms with Crippen molar-refractivity contribution in [2.75, 3.05) is 13.2 Å². The van der Waals surface area contributed by atoms with Gasteiger partial charge in [-0.3, -0.25) is 0 Å². The zero-order valence-electron chi connectivity index (χ0n) is 11.7. The van der Waals surface area contributed by atoms with Gasteiger partial charge in [-0.1, -0.05) is 26.8 Å². The highest BCUT2D eigenvalue weighted by molar-refractivity contribution is 6.73. The Morgan fingerprint density at radius 2 is 1.88 bits per heavy atom. The van der Waals surface area contributed by atoms with E-state index in [1.54, 1.807) is 6.92 Å². The number of hydrogen-bond donors (Lipinski definition) is 0. The minimum absolute atomic E-state index is 0.294. The molecule has 0 fully saturated rings. The molecule has 0 spiro atoms. The standard InChI is InChI=1S/C13H26O3Si/c1-6-10-17(8-3,16-7-2)11-9-15-13(14)12(4)5/h4,6-11H2,1-3,5H3. The van der Waals surface area contributed by atoms with Gasteiger partial charge in [0.25, 0.3) is 0 Å². The quantitative estimate of drug-likeness (QED) is 0.360. The molecule has 0 aromatic rings. The number of hydrogen-bond acceptors (Lipinski definition) is 3. The lowest BCUT2D eigenvalue weighted by atomic mass is 10.4. The van der Waals surface area contributed by atoms with E-state index in [-0.39, 0.29) is 5.97 Å². The minimum Gasteiger partial charge on any atom is -0.463 e. The molecule has 0 amide bonds. The summed E-state index contributed by atoms with van der Waals surface area (Å²) in [6.07, 6.45) is 1.13. The Hall–Kier alpha value is -0.613. The largest absolute Gasteiger partial charge is 0.463 e. The van der Waals surface area contributed by atoms with Crippen LogP contribution in [0.4, 0.5) is 0 Å². The third kappa shape index (κ3) is 6.03. The maximum absolute atomic E-state index is 11.3. The maximum Gasteiger partial charge on any atom is 0.333 e. The van der Waals surface area contributed by atoms with Gasteiger partial charge in [0.05, 0.1) is 6.61 Å². The fraction of sp³-hybridized carbons (Fsp3) is 0.769. The summed E-state index contributed by atoms with van der Waals surface area (Å²) in [5.74, 6) is -0.294. The van der Waals surface area contributed by atoms with Crippen molar-refractivity contribution < 1.29 is 14.0 Å². The van der Waals surface area contributed by atoms with E-state index in [0.29, 0.717) is 12.2 Å². The van der Waals surface area contributed by atoms with Gasteiger partial charge >= 0.3 is 5.97 Å². The summed E-state index contributed by atoms with van der Waals surface area (Å²) in [5.41, 5.74) is 0.459. The second-order valence-electron chi connectivity index (χ2n) is 4.39. The van der Waals surface area contributed by atoms with Crippen LogP contribution in [0.2, 0.25) is 18.1 Å². The predicted molar refractivity (Wildman–Crippen MR) is 73.5 cm³/mol. The van der Waals surface area contributed by atoms with E-state index in [9.17, 15) is 4.79 Å². The van der Waals surface area contributed by atoms with Gasteiger partial charge in [0, 0.05) is 18.2 Å². The summed E-state index contributed by atoms with van der Waals surface area (Å²) in [5, 5.41) is 0. The summed E-state index contributed by atoms with van der Waals surface area (Å²) >= 11 is 0. The molecule has 0 rings (SSSR count). The lowest BCUT2D eigenvalue weighted by Gasteiger charge is -2.29. The van der Waals surface area contributed by atoms with Crippen LogP contribution in [-0.4, -0.2) is 27.5 Å². The number of ether oxygens (including phenoxy) is 1. The van der Waals surface area contributed by atoms with Crippen molar-refractivity contribution in [3.8, 4) is 0 Å². The molecule has 100 valence electrons. The van der Waals surface area contributed by atoms with Gasteiger partial charge in [0.1, 0.15) is 0 Å². The van der Waals surface area contributed by atoms with Gasteiger partial charge in [-0.15, -0.1) is 0 Å². The average Bonchev–Trinajstić information content (AvgIpc) is 2.29. The maximum atomic E-state index is 11.3. The van der Waals surface area contributed by atoms with E-state index in [0.717, 1.165) is 31.2 Å². The van der Waals surface area contributed by atoms with E-state index in [1.165, 1.54) is 0 Å². The number of carbonyl (C=O) groups excluding carboxylic acids is 1. The Labute approximate surface area is 106 Å². The molecule has 3 nitrogen and oxygen atoms in total. The Morgan fingerprint density at radius 3 is 2.29 bits per heavy atom. The second kappa shape index (κ2) is 8.47. The van der Waals surface area contributed by atoms with Crippen molar-refractivity contribution in [1.82, 2.24) is 0 Å². The van der Waals surface area contributed by atoms with Gasteiger partial charge in [-0.25, -0.2) is 4.79 Å². The molecule has 0 bridgehead atoms.